The van der Waals surface area contributed by atoms with Crippen LogP contribution in [0.25, 0.3) is 22.1 Å². The number of hydroxylamine groups is 1. The highest BCUT2D eigenvalue weighted by Crippen LogP contribution is 2.32. The number of rotatable bonds is 1. The number of aromatic nitrogens is 2. The minimum Gasteiger partial charge on any atom is -0.450 e. The molecule has 0 atom stereocenters. The van der Waals surface area contributed by atoms with Gasteiger partial charge in [-0.05, 0) is 18.6 Å². The third kappa shape index (κ3) is 1.31. The van der Waals surface area contributed by atoms with Crippen LogP contribution < -0.4 is 5.06 Å². The zero-order valence-electron chi connectivity index (χ0n) is 9.67. The number of benzene rings is 1. The van der Waals surface area contributed by atoms with Crippen LogP contribution in [0.4, 0.5) is 5.82 Å². The van der Waals surface area contributed by atoms with Crippen molar-refractivity contribution in [1.29, 1.82) is 0 Å². The zero-order chi connectivity index (χ0) is 11.9. The van der Waals surface area contributed by atoms with Gasteiger partial charge in [0, 0.05) is 11.9 Å². The number of para-hydroxylation sites is 1. The highest BCUT2D eigenvalue weighted by atomic mass is 16.7. The Hall–Kier alpha value is -2.14. The van der Waals surface area contributed by atoms with Crippen molar-refractivity contribution in [3.8, 4) is 0 Å². The molecular weight excluding hydrogens is 230 g/mol. The van der Waals surface area contributed by atoms with E-state index in [-0.39, 0.29) is 0 Å². The van der Waals surface area contributed by atoms with E-state index >= 15 is 0 Å². The Balaban J connectivity index is 2.03. The molecule has 1 aliphatic heterocycles. The lowest BCUT2D eigenvalue weighted by Gasteiger charge is -2.13. The molecule has 0 unspecified atom stereocenters. The first kappa shape index (κ1) is 9.85. The minimum absolute atomic E-state index is 0.695. The average Bonchev–Trinajstić information content (AvgIpc) is 3.05. The summed E-state index contributed by atoms with van der Waals surface area (Å²) in [6.45, 7) is 1.56. The summed E-state index contributed by atoms with van der Waals surface area (Å²) in [6.07, 6.45) is 2.56. The van der Waals surface area contributed by atoms with E-state index in [1.807, 2.05) is 24.3 Å². The SMILES string of the molecule is c1ccc2c(c1)oc1c(N3CCCO3)ncnc12. The van der Waals surface area contributed by atoms with Crippen molar-refractivity contribution >= 4 is 27.9 Å². The van der Waals surface area contributed by atoms with Crippen LogP contribution in [0.1, 0.15) is 6.42 Å². The summed E-state index contributed by atoms with van der Waals surface area (Å²) in [5.41, 5.74) is 2.36. The van der Waals surface area contributed by atoms with Gasteiger partial charge in [-0.1, -0.05) is 12.1 Å². The summed E-state index contributed by atoms with van der Waals surface area (Å²) >= 11 is 0. The normalized spacial score (nSPS) is 15.9. The summed E-state index contributed by atoms with van der Waals surface area (Å²) in [4.78, 5) is 14.1. The number of fused-ring (bicyclic) bond motifs is 3. The molecule has 5 heteroatoms. The topological polar surface area (TPSA) is 51.4 Å². The summed E-state index contributed by atoms with van der Waals surface area (Å²) in [5.74, 6) is 0.716. The van der Waals surface area contributed by atoms with E-state index in [0.29, 0.717) is 11.4 Å². The van der Waals surface area contributed by atoms with Gasteiger partial charge in [0.1, 0.15) is 17.4 Å². The largest absolute Gasteiger partial charge is 0.450 e. The molecule has 1 aromatic carbocycles. The predicted molar refractivity (Wildman–Crippen MR) is 67.2 cm³/mol. The number of hydrogen-bond acceptors (Lipinski definition) is 5. The van der Waals surface area contributed by atoms with E-state index in [2.05, 4.69) is 9.97 Å². The molecule has 18 heavy (non-hydrogen) atoms. The summed E-state index contributed by atoms with van der Waals surface area (Å²) in [5, 5.41) is 2.79. The average molecular weight is 241 g/mol. The molecule has 0 bridgehead atoms. The molecule has 0 amide bonds. The Morgan fingerprint density at radius 2 is 2.11 bits per heavy atom. The third-order valence-electron chi connectivity index (χ3n) is 3.13. The van der Waals surface area contributed by atoms with E-state index in [1.54, 1.807) is 11.4 Å². The second-order valence-electron chi connectivity index (χ2n) is 4.26. The Kier molecular flexibility index (Phi) is 2.01. The van der Waals surface area contributed by atoms with Crippen molar-refractivity contribution in [2.75, 3.05) is 18.2 Å². The van der Waals surface area contributed by atoms with Crippen LogP contribution in [0.15, 0.2) is 35.0 Å². The van der Waals surface area contributed by atoms with Gasteiger partial charge in [-0.25, -0.2) is 15.0 Å². The van der Waals surface area contributed by atoms with Gasteiger partial charge in [0.05, 0.1) is 6.61 Å². The Morgan fingerprint density at radius 1 is 1.17 bits per heavy atom. The second kappa shape index (κ2) is 3.68. The van der Waals surface area contributed by atoms with E-state index in [9.17, 15) is 0 Å². The Morgan fingerprint density at radius 3 is 3.00 bits per heavy atom. The van der Waals surface area contributed by atoms with Crippen LogP contribution in [0, 0.1) is 0 Å². The van der Waals surface area contributed by atoms with Gasteiger partial charge in [-0.2, -0.15) is 0 Å². The first-order chi connectivity index (χ1) is 8.93. The van der Waals surface area contributed by atoms with Gasteiger partial charge in [0.15, 0.2) is 11.4 Å². The maximum absolute atomic E-state index is 5.85. The van der Waals surface area contributed by atoms with Crippen LogP contribution in [0.2, 0.25) is 0 Å². The van der Waals surface area contributed by atoms with Crippen LogP contribution in [-0.4, -0.2) is 23.1 Å². The smallest absolute Gasteiger partial charge is 0.199 e. The highest BCUT2D eigenvalue weighted by molar-refractivity contribution is 6.05. The number of nitrogens with zero attached hydrogens (tertiary/aromatic N) is 3. The molecule has 5 nitrogen and oxygen atoms in total. The first-order valence-electron chi connectivity index (χ1n) is 5.96. The van der Waals surface area contributed by atoms with Gasteiger partial charge in [0.25, 0.3) is 0 Å². The highest BCUT2D eigenvalue weighted by Gasteiger charge is 2.21. The van der Waals surface area contributed by atoms with Gasteiger partial charge in [0.2, 0.25) is 0 Å². The van der Waals surface area contributed by atoms with E-state index in [4.69, 9.17) is 9.25 Å². The van der Waals surface area contributed by atoms with Crippen molar-refractivity contribution in [1.82, 2.24) is 9.97 Å². The van der Waals surface area contributed by atoms with Crippen LogP contribution in [0.5, 0.6) is 0 Å². The molecule has 1 saturated heterocycles. The molecule has 0 aliphatic carbocycles. The summed E-state index contributed by atoms with van der Waals surface area (Å²) in [7, 11) is 0. The lowest BCUT2D eigenvalue weighted by molar-refractivity contribution is 0.166. The van der Waals surface area contributed by atoms with Gasteiger partial charge < -0.3 is 4.42 Å². The predicted octanol–water partition coefficient (Wildman–Crippen LogP) is 2.52. The van der Waals surface area contributed by atoms with Crippen molar-refractivity contribution in [3.05, 3.63) is 30.6 Å². The Bertz CT molecular complexity index is 716. The molecule has 2 aromatic heterocycles. The molecule has 0 saturated carbocycles. The quantitative estimate of drug-likeness (QED) is 0.655. The minimum atomic E-state index is 0.695. The molecule has 90 valence electrons. The van der Waals surface area contributed by atoms with E-state index in [0.717, 1.165) is 36.1 Å². The molecule has 0 N–H and O–H groups in total. The number of hydrogen-bond donors (Lipinski definition) is 0. The molecule has 1 aliphatic rings. The zero-order valence-corrected chi connectivity index (χ0v) is 9.67. The molecule has 3 aromatic rings. The second-order valence-corrected chi connectivity index (χ2v) is 4.26. The molecular formula is C13H11N3O2. The maximum atomic E-state index is 5.85. The molecule has 3 heterocycles. The standard InChI is InChI=1S/C13H11N3O2/c1-2-5-10-9(4-1)11-12(18-10)13(15-8-14-11)16-6-3-7-17-16/h1-2,4-5,8H,3,6-7H2. The maximum Gasteiger partial charge on any atom is 0.199 e. The van der Waals surface area contributed by atoms with Crippen LogP contribution in [0.3, 0.4) is 0 Å². The first-order valence-corrected chi connectivity index (χ1v) is 5.96. The molecule has 4 rings (SSSR count). The van der Waals surface area contributed by atoms with Crippen LogP contribution in [-0.2, 0) is 4.84 Å². The van der Waals surface area contributed by atoms with Crippen LogP contribution >= 0.6 is 0 Å². The van der Waals surface area contributed by atoms with Gasteiger partial charge in [-0.15, -0.1) is 0 Å². The molecule has 0 spiro atoms. The van der Waals surface area contributed by atoms with E-state index < -0.39 is 0 Å². The van der Waals surface area contributed by atoms with Crippen molar-refractivity contribution in [2.24, 2.45) is 0 Å². The molecule has 1 fully saturated rings. The fourth-order valence-corrected chi connectivity index (χ4v) is 2.30. The van der Waals surface area contributed by atoms with E-state index in [1.165, 1.54) is 0 Å². The van der Waals surface area contributed by atoms with Gasteiger partial charge in [-0.3, -0.25) is 4.84 Å². The lowest BCUT2D eigenvalue weighted by Crippen LogP contribution is -2.17. The molecule has 0 radical (unpaired) electrons. The monoisotopic (exact) mass is 241 g/mol. The fourth-order valence-electron chi connectivity index (χ4n) is 2.30. The Labute approximate surface area is 103 Å². The van der Waals surface area contributed by atoms with Crippen molar-refractivity contribution in [3.63, 3.8) is 0 Å². The van der Waals surface area contributed by atoms with Crippen molar-refractivity contribution in [2.45, 2.75) is 6.42 Å². The fraction of sp³-hybridized carbons (Fsp3) is 0.231. The van der Waals surface area contributed by atoms with Gasteiger partial charge >= 0.3 is 0 Å². The third-order valence-corrected chi connectivity index (χ3v) is 3.13. The lowest BCUT2D eigenvalue weighted by atomic mass is 10.2. The summed E-state index contributed by atoms with van der Waals surface area (Å²) in [6, 6.07) is 7.87. The number of anilines is 1. The number of furan rings is 1. The summed E-state index contributed by atoms with van der Waals surface area (Å²) < 4.78 is 5.85. The van der Waals surface area contributed by atoms with Crippen molar-refractivity contribution < 1.29 is 9.25 Å².